The average molecular weight is 129 g/mol. The molecule has 0 aromatic rings. The van der Waals surface area contributed by atoms with Crippen LogP contribution in [0.5, 0.6) is 0 Å². The van der Waals surface area contributed by atoms with Crippen molar-refractivity contribution in [1.82, 2.24) is 0 Å². The first-order valence-corrected chi connectivity index (χ1v) is 2.90. The zero-order valence-electron chi connectivity index (χ0n) is 5.39. The molecule has 9 heavy (non-hydrogen) atoms. The van der Waals surface area contributed by atoms with Gasteiger partial charge in [0.15, 0.2) is 0 Å². The van der Waals surface area contributed by atoms with Crippen LogP contribution in [0.4, 0.5) is 4.39 Å². The lowest BCUT2D eigenvalue weighted by Crippen LogP contribution is -2.14. The number of allylic oxidation sites excluding steroid dienone is 1. The average Bonchev–Trinajstić information content (AvgIpc) is 1.89. The van der Waals surface area contributed by atoms with Gasteiger partial charge in [0.1, 0.15) is 6.67 Å². The molecule has 0 heterocycles. The van der Waals surface area contributed by atoms with Crippen molar-refractivity contribution in [2.24, 2.45) is 5.73 Å². The minimum absolute atomic E-state index is 0.0344. The Morgan fingerprint density at radius 2 is 2.22 bits per heavy atom. The summed E-state index contributed by atoms with van der Waals surface area (Å²) >= 11 is 0. The van der Waals surface area contributed by atoms with Crippen molar-refractivity contribution in [3.8, 4) is 0 Å². The Balaban J connectivity index is 3.25. The van der Waals surface area contributed by atoms with E-state index in [-0.39, 0.29) is 6.04 Å². The van der Waals surface area contributed by atoms with Crippen molar-refractivity contribution in [3.05, 3.63) is 24.8 Å². The number of rotatable bonds is 4. The molecule has 0 aromatic carbocycles. The highest BCUT2D eigenvalue weighted by atomic mass is 19.1. The first kappa shape index (κ1) is 8.37. The van der Waals surface area contributed by atoms with Gasteiger partial charge in [-0.2, -0.15) is 0 Å². The highest BCUT2D eigenvalue weighted by molar-refractivity contribution is 4.91. The zero-order chi connectivity index (χ0) is 7.11. The van der Waals surface area contributed by atoms with Gasteiger partial charge in [0.2, 0.25) is 0 Å². The van der Waals surface area contributed by atoms with Crippen LogP contribution in [0.3, 0.4) is 0 Å². The predicted octanol–water partition coefficient (Wildman–Crippen LogP) is 1.42. The molecule has 0 rings (SSSR count). The predicted molar refractivity (Wildman–Crippen MR) is 37.9 cm³/mol. The molecule has 0 saturated heterocycles. The van der Waals surface area contributed by atoms with E-state index in [2.05, 4.69) is 6.58 Å². The van der Waals surface area contributed by atoms with Crippen LogP contribution in [-0.4, -0.2) is 12.7 Å². The minimum atomic E-state index is -0.413. The molecule has 0 aromatic heterocycles. The van der Waals surface area contributed by atoms with Gasteiger partial charge in [-0.3, -0.25) is 0 Å². The van der Waals surface area contributed by atoms with Crippen molar-refractivity contribution in [2.75, 3.05) is 6.67 Å². The normalized spacial score (nSPS) is 14.0. The summed E-state index contributed by atoms with van der Waals surface area (Å²) in [5.41, 5.74) is 5.42. The molecule has 0 aliphatic rings. The third-order valence-corrected chi connectivity index (χ3v) is 0.967. The monoisotopic (exact) mass is 129 g/mol. The molecule has 0 bridgehead atoms. The summed E-state index contributed by atoms with van der Waals surface area (Å²) in [6.07, 6.45) is 5.48. The highest BCUT2D eigenvalue weighted by Crippen LogP contribution is 1.89. The number of hydrogen-bond donors (Lipinski definition) is 1. The molecule has 1 unspecified atom stereocenters. The van der Waals surface area contributed by atoms with Crippen LogP contribution in [0.25, 0.3) is 0 Å². The Hall–Kier alpha value is -0.630. The Bertz CT molecular complexity index is 99.1. The molecule has 0 radical (unpaired) electrons. The quantitative estimate of drug-likeness (QED) is 0.571. The largest absolute Gasteiger partial charge is 0.324 e. The molecule has 52 valence electrons. The lowest BCUT2D eigenvalue weighted by atomic mass is 10.2. The van der Waals surface area contributed by atoms with E-state index in [1.54, 1.807) is 12.2 Å². The van der Waals surface area contributed by atoms with Crippen LogP contribution in [0, 0.1) is 0 Å². The van der Waals surface area contributed by atoms with E-state index >= 15 is 0 Å². The van der Waals surface area contributed by atoms with Gasteiger partial charge in [0.05, 0.1) is 0 Å². The third kappa shape index (κ3) is 5.24. The van der Waals surface area contributed by atoms with Crippen molar-refractivity contribution in [3.63, 3.8) is 0 Å². The molecule has 2 heteroatoms. The van der Waals surface area contributed by atoms with Gasteiger partial charge in [0, 0.05) is 6.04 Å². The van der Waals surface area contributed by atoms with Crippen LogP contribution >= 0.6 is 0 Å². The van der Waals surface area contributed by atoms with Crippen molar-refractivity contribution >= 4 is 0 Å². The fourth-order valence-electron chi connectivity index (χ4n) is 0.413. The summed E-state index contributed by atoms with van der Waals surface area (Å²) in [7, 11) is 0. The van der Waals surface area contributed by atoms with Crippen molar-refractivity contribution < 1.29 is 4.39 Å². The summed E-state index contributed by atoms with van der Waals surface area (Å²) in [6, 6.07) is -0.0344. The molecule has 0 fully saturated rings. The molecular formula is C7H12FN. The Morgan fingerprint density at radius 1 is 1.56 bits per heavy atom. The van der Waals surface area contributed by atoms with Crippen molar-refractivity contribution in [1.29, 1.82) is 0 Å². The standard InChI is InChI=1S/C7H12FN/c1-2-7(9)5-3-4-6-8/h2-4,7H,1,5-6,9H2/b4-3-. The fraction of sp³-hybridized carbons (Fsp3) is 0.429. The van der Waals surface area contributed by atoms with Gasteiger partial charge in [0.25, 0.3) is 0 Å². The maximum atomic E-state index is 11.4. The first-order valence-electron chi connectivity index (χ1n) is 2.90. The van der Waals surface area contributed by atoms with Crippen LogP contribution < -0.4 is 5.73 Å². The lowest BCUT2D eigenvalue weighted by Gasteiger charge is -1.97. The van der Waals surface area contributed by atoms with E-state index in [0.717, 1.165) is 0 Å². The lowest BCUT2D eigenvalue weighted by molar-refractivity contribution is 0.560. The molecule has 0 aliphatic heterocycles. The molecule has 1 atom stereocenters. The highest BCUT2D eigenvalue weighted by Gasteiger charge is 1.88. The smallest absolute Gasteiger partial charge is 0.108 e. The van der Waals surface area contributed by atoms with E-state index in [9.17, 15) is 4.39 Å². The second kappa shape index (κ2) is 5.51. The van der Waals surface area contributed by atoms with Crippen molar-refractivity contribution in [2.45, 2.75) is 12.5 Å². The molecule has 2 N–H and O–H groups in total. The molecule has 0 aliphatic carbocycles. The van der Waals surface area contributed by atoms with E-state index in [4.69, 9.17) is 5.73 Å². The number of halogens is 1. The summed E-state index contributed by atoms with van der Waals surface area (Å²) in [5.74, 6) is 0. The van der Waals surface area contributed by atoms with Gasteiger partial charge >= 0.3 is 0 Å². The van der Waals surface area contributed by atoms with E-state index in [1.807, 2.05) is 0 Å². The fourth-order valence-corrected chi connectivity index (χ4v) is 0.413. The molecular weight excluding hydrogens is 117 g/mol. The van der Waals surface area contributed by atoms with E-state index in [1.165, 1.54) is 6.08 Å². The van der Waals surface area contributed by atoms with Gasteiger partial charge in [-0.25, -0.2) is 4.39 Å². The van der Waals surface area contributed by atoms with Crippen LogP contribution in [0.2, 0.25) is 0 Å². The topological polar surface area (TPSA) is 26.0 Å². The molecule has 0 amide bonds. The number of hydrogen-bond acceptors (Lipinski definition) is 1. The summed E-state index contributed by atoms with van der Waals surface area (Å²) in [6.45, 7) is 3.07. The summed E-state index contributed by atoms with van der Waals surface area (Å²) < 4.78 is 11.4. The maximum Gasteiger partial charge on any atom is 0.108 e. The Kier molecular flexibility index (Phi) is 5.12. The van der Waals surface area contributed by atoms with E-state index in [0.29, 0.717) is 6.42 Å². The first-order chi connectivity index (χ1) is 4.31. The maximum absolute atomic E-state index is 11.4. The second-order valence-electron chi connectivity index (χ2n) is 1.76. The van der Waals surface area contributed by atoms with Crippen LogP contribution in [-0.2, 0) is 0 Å². The number of nitrogens with two attached hydrogens (primary N) is 1. The minimum Gasteiger partial charge on any atom is -0.324 e. The SMILES string of the molecule is C=CC(N)C/C=C\CF. The Labute approximate surface area is 55.1 Å². The van der Waals surface area contributed by atoms with Gasteiger partial charge in [-0.05, 0) is 6.42 Å². The summed E-state index contributed by atoms with van der Waals surface area (Å²) in [4.78, 5) is 0. The van der Waals surface area contributed by atoms with Gasteiger partial charge < -0.3 is 5.73 Å². The molecule has 0 spiro atoms. The van der Waals surface area contributed by atoms with Gasteiger partial charge in [-0.1, -0.05) is 18.2 Å². The second-order valence-corrected chi connectivity index (χ2v) is 1.76. The third-order valence-electron chi connectivity index (χ3n) is 0.967. The summed E-state index contributed by atoms with van der Waals surface area (Å²) in [5, 5.41) is 0. The molecule has 0 saturated carbocycles. The molecule has 1 nitrogen and oxygen atoms in total. The zero-order valence-corrected chi connectivity index (χ0v) is 5.39. The van der Waals surface area contributed by atoms with Crippen LogP contribution in [0.15, 0.2) is 24.8 Å². The Morgan fingerprint density at radius 3 is 2.67 bits per heavy atom. The van der Waals surface area contributed by atoms with Crippen LogP contribution in [0.1, 0.15) is 6.42 Å². The van der Waals surface area contributed by atoms with Gasteiger partial charge in [-0.15, -0.1) is 6.58 Å². The van der Waals surface area contributed by atoms with E-state index < -0.39 is 6.67 Å². The number of alkyl halides is 1.